The third-order valence-electron chi connectivity index (χ3n) is 0.502. The molecule has 1 rings (SSSR count). The number of nitrogens with one attached hydrogen (secondary N) is 1. The van der Waals surface area contributed by atoms with Gasteiger partial charge in [0.2, 0.25) is 0 Å². The fraction of sp³-hybridized carbons (Fsp3) is 0. The van der Waals surface area contributed by atoms with Crippen LogP contribution in [0.25, 0.3) is 0 Å². The van der Waals surface area contributed by atoms with Gasteiger partial charge in [0.15, 0.2) is 0 Å². The van der Waals surface area contributed by atoms with Crippen molar-refractivity contribution in [3.05, 3.63) is 19.1 Å². The second-order valence-corrected chi connectivity index (χ2v) is 0.996. The molecule has 3 heteroatoms. The zero-order valence-corrected chi connectivity index (χ0v) is 3.47. The normalized spacial score (nSPS) is 18.0. The Morgan fingerprint density at radius 2 is 2.71 bits per heavy atom. The summed E-state index contributed by atoms with van der Waals surface area (Å²) in [5.74, 6) is -0.345. The Bertz CT molecular complexity index is 108. The Hall–Kier alpha value is -0.990. The first-order valence-electron chi connectivity index (χ1n) is 1.77. The highest BCUT2D eigenvalue weighted by Crippen LogP contribution is 1.87. The average Bonchev–Trinajstić information content (AvgIpc) is 1.69. The summed E-state index contributed by atoms with van der Waals surface area (Å²) in [4.78, 5) is 10.1. The van der Waals surface area contributed by atoms with Gasteiger partial charge in [-0.1, -0.05) is 0 Å². The zero-order chi connectivity index (χ0) is 5.11. The Balaban J connectivity index is 2.47. The van der Waals surface area contributed by atoms with E-state index in [0.717, 1.165) is 0 Å². The molecule has 0 aromatic carbocycles. The summed E-state index contributed by atoms with van der Waals surface area (Å²) < 4.78 is 4.34. The average molecular weight is 97.1 g/mol. The van der Waals surface area contributed by atoms with Crippen molar-refractivity contribution in [1.82, 2.24) is 5.32 Å². The summed E-state index contributed by atoms with van der Waals surface area (Å²) >= 11 is 0. The van der Waals surface area contributed by atoms with Crippen molar-refractivity contribution < 1.29 is 9.53 Å². The van der Waals surface area contributed by atoms with E-state index in [2.05, 4.69) is 10.1 Å². The number of rotatable bonds is 0. The van der Waals surface area contributed by atoms with Gasteiger partial charge in [-0.25, -0.2) is 0 Å². The van der Waals surface area contributed by atoms with Crippen LogP contribution in [0.3, 0.4) is 0 Å². The van der Waals surface area contributed by atoms with Crippen LogP contribution in [0.4, 0.5) is 0 Å². The lowest BCUT2D eigenvalue weighted by molar-refractivity contribution is -0.120. The van der Waals surface area contributed by atoms with Gasteiger partial charge in [-0.2, -0.15) is 0 Å². The van der Waals surface area contributed by atoms with E-state index in [1.165, 1.54) is 12.5 Å². The van der Waals surface area contributed by atoms with E-state index in [0.29, 0.717) is 0 Å². The monoisotopic (exact) mass is 97.0 g/mol. The van der Waals surface area contributed by atoms with Crippen molar-refractivity contribution >= 4 is 5.91 Å². The molecule has 1 amide bonds. The molecule has 1 heterocycles. The largest absolute Gasteiger partial charge is 0.473 e. The van der Waals surface area contributed by atoms with Gasteiger partial charge in [-0.3, -0.25) is 4.79 Å². The van der Waals surface area contributed by atoms with Crippen LogP contribution in [0.5, 0.6) is 0 Å². The molecule has 0 fully saturated rings. The van der Waals surface area contributed by atoms with Crippen LogP contribution >= 0.6 is 0 Å². The van der Waals surface area contributed by atoms with Gasteiger partial charge < -0.3 is 10.1 Å². The van der Waals surface area contributed by atoms with E-state index in [-0.39, 0.29) is 5.91 Å². The van der Waals surface area contributed by atoms with Crippen LogP contribution in [0.2, 0.25) is 0 Å². The molecule has 0 aliphatic carbocycles. The molecule has 7 heavy (non-hydrogen) atoms. The van der Waals surface area contributed by atoms with Gasteiger partial charge in [-0.15, -0.1) is 0 Å². The highest BCUT2D eigenvalue weighted by Gasteiger charge is 2.02. The van der Waals surface area contributed by atoms with Crippen molar-refractivity contribution in [2.75, 3.05) is 0 Å². The molecule has 3 nitrogen and oxygen atoms in total. The quantitative estimate of drug-likeness (QED) is 0.448. The first-order chi connectivity index (χ1) is 3.39. The summed E-state index contributed by atoms with van der Waals surface area (Å²) in [5, 5.41) is 2.33. The molecular formula is C4H3NO2. The molecule has 1 N–H and O–H groups in total. The van der Waals surface area contributed by atoms with E-state index in [4.69, 9.17) is 0 Å². The lowest BCUT2D eigenvalue weighted by Crippen LogP contribution is -2.20. The molecule has 0 saturated heterocycles. The predicted molar refractivity (Wildman–Crippen MR) is 21.6 cm³/mol. The zero-order valence-electron chi connectivity index (χ0n) is 3.47. The summed E-state index contributed by atoms with van der Waals surface area (Å²) in [5.41, 5.74) is 0. The van der Waals surface area contributed by atoms with Crippen LogP contribution in [0.1, 0.15) is 0 Å². The number of hydrogen-bond donors (Lipinski definition) is 1. The predicted octanol–water partition coefficient (Wildman–Crippen LogP) is -0.357. The maximum Gasteiger partial charge on any atom is 0.292 e. The Labute approximate surface area is 41.0 Å². The highest BCUT2D eigenvalue weighted by atomic mass is 16.5. The minimum atomic E-state index is -0.345. The van der Waals surface area contributed by atoms with E-state index in [1.807, 2.05) is 6.61 Å². The van der Waals surface area contributed by atoms with Crippen LogP contribution in [-0.2, 0) is 9.53 Å². The number of ether oxygens (including phenoxy) is 1. The topological polar surface area (TPSA) is 38.3 Å². The van der Waals surface area contributed by atoms with Crippen molar-refractivity contribution in [3.8, 4) is 0 Å². The van der Waals surface area contributed by atoms with Crippen molar-refractivity contribution in [1.29, 1.82) is 0 Å². The minimum Gasteiger partial charge on any atom is -0.473 e. The minimum absolute atomic E-state index is 0.345. The van der Waals surface area contributed by atoms with Crippen LogP contribution < -0.4 is 5.32 Å². The summed E-state index contributed by atoms with van der Waals surface area (Å²) in [6.45, 7) is 2.05. The molecule has 0 atom stereocenters. The van der Waals surface area contributed by atoms with Gasteiger partial charge in [0.1, 0.15) is 6.26 Å². The van der Waals surface area contributed by atoms with Crippen LogP contribution in [-0.4, -0.2) is 5.91 Å². The lowest BCUT2D eigenvalue weighted by atomic mass is 10.6. The Kier molecular flexibility index (Phi) is 0.978. The van der Waals surface area contributed by atoms with E-state index >= 15 is 0 Å². The van der Waals surface area contributed by atoms with Gasteiger partial charge in [0.05, 0.1) is 0 Å². The smallest absolute Gasteiger partial charge is 0.292 e. The first kappa shape index (κ1) is 4.18. The van der Waals surface area contributed by atoms with Crippen molar-refractivity contribution in [3.63, 3.8) is 0 Å². The van der Waals surface area contributed by atoms with Crippen LogP contribution in [0, 0.1) is 6.61 Å². The molecule has 0 bridgehead atoms. The second-order valence-electron chi connectivity index (χ2n) is 0.996. The van der Waals surface area contributed by atoms with E-state index < -0.39 is 0 Å². The van der Waals surface area contributed by atoms with E-state index in [9.17, 15) is 4.79 Å². The number of amides is 1. The standard InChI is InChI=1S/C4H3NO2/c6-4-3-7-2-1-5-4/h1-2H,(H,5,6). The SMILES string of the molecule is O=C1[C]OC=CN1. The first-order valence-corrected chi connectivity index (χ1v) is 1.77. The molecule has 1 aliphatic rings. The fourth-order valence-electron chi connectivity index (χ4n) is 0.261. The molecule has 0 unspecified atom stereocenters. The maximum atomic E-state index is 10.1. The van der Waals surface area contributed by atoms with Gasteiger partial charge >= 0.3 is 0 Å². The van der Waals surface area contributed by atoms with Gasteiger partial charge in [0.25, 0.3) is 12.5 Å². The molecule has 36 valence electrons. The Morgan fingerprint density at radius 1 is 1.86 bits per heavy atom. The maximum absolute atomic E-state index is 10.1. The number of hydrogen-bond acceptors (Lipinski definition) is 2. The second kappa shape index (κ2) is 1.64. The van der Waals surface area contributed by atoms with Crippen LogP contribution in [0.15, 0.2) is 12.5 Å². The molecule has 0 aromatic heterocycles. The van der Waals surface area contributed by atoms with E-state index in [1.54, 1.807) is 0 Å². The molecule has 2 radical (unpaired) electrons. The third-order valence-corrected chi connectivity index (χ3v) is 0.502. The summed E-state index contributed by atoms with van der Waals surface area (Å²) in [7, 11) is 0. The van der Waals surface area contributed by atoms with Crippen molar-refractivity contribution in [2.45, 2.75) is 0 Å². The van der Waals surface area contributed by atoms with Crippen molar-refractivity contribution in [2.24, 2.45) is 0 Å². The molecule has 0 spiro atoms. The van der Waals surface area contributed by atoms with Gasteiger partial charge in [-0.05, 0) is 0 Å². The Morgan fingerprint density at radius 3 is 3.00 bits per heavy atom. The lowest BCUT2D eigenvalue weighted by Gasteiger charge is -2.01. The van der Waals surface area contributed by atoms with Gasteiger partial charge in [0, 0.05) is 6.20 Å². The number of carbonyl (C=O) groups excluding carboxylic acids is 1. The molecule has 0 aromatic rings. The highest BCUT2D eigenvalue weighted by molar-refractivity contribution is 5.84. The molecule has 1 aliphatic heterocycles. The third kappa shape index (κ3) is 0.924. The summed E-state index contributed by atoms with van der Waals surface area (Å²) in [6, 6.07) is 0. The molecular weight excluding hydrogens is 94.0 g/mol. The fourth-order valence-corrected chi connectivity index (χ4v) is 0.261. The summed E-state index contributed by atoms with van der Waals surface area (Å²) in [6.07, 6.45) is 2.74. The number of carbonyl (C=O) groups is 1. The molecule has 0 saturated carbocycles.